The van der Waals surface area contributed by atoms with Crippen LogP contribution in [-0.2, 0) is 9.59 Å². The van der Waals surface area contributed by atoms with E-state index in [0.717, 1.165) is 32.1 Å². The summed E-state index contributed by atoms with van der Waals surface area (Å²) in [7, 11) is 0. The largest absolute Gasteiger partial charge is 0.393 e. The predicted molar refractivity (Wildman–Crippen MR) is 85.1 cm³/mol. The third-order valence-electron chi connectivity index (χ3n) is 4.95. The Morgan fingerprint density at radius 1 is 1.14 bits per heavy atom. The Balaban J connectivity index is 1.74. The Morgan fingerprint density at radius 2 is 1.77 bits per heavy atom. The van der Waals surface area contributed by atoms with E-state index in [1.165, 1.54) is 0 Å². The zero-order chi connectivity index (χ0) is 16.3. The lowest BCUT2D eigenvalue weighted by Crippen LogP contribution is -2.47. The van der Waals surface area contributed by atoms with Gasteiger partial charge in [-0.2, -0.15) is 0 Å². The summed E-state index contributed by atoms with van der Waals surface area (Å²) in [4.78, 5) is 26.3. The molecule has 5 heteroatoms. The summed E-state index contributed by atoms with van der Waals surface area (Å²) < 4.78 is 0. The van der Waals surface area contributed by atoms with Gasteiger partial charge in [0.25, 0.3) is 0 Å². The maximum absolute atomic E-state index is 12.2. The fourth-order valence-corrected chi connectivity index (χ4v) is 3.45. The van der Waals surface area contributed by atoms with E-state index in [-0.39, 0.29) is 35.2 Å². The van der Waals surface area contributed by atoms with Gasteiger partial charge in [-0.25, -0.2) is 0 Å². The number of hydrogen-bond donors (Lipinski definition) is 2. The van der Waals surface area contributed by atoms with Crippen LogP contribution < -0.4 is 5.32 Å². The number of hydrogen-bond acceptors (Lipinski definition) is 3. The Morgan fingerprint density at radius 3 is 2.27 bits per heavy atom. The average molecular weight is 310 g/mol. The van der Waals surface area contributed by atoms with Crippen LogP contribution in [0.15, 0.2) is 0 Å². The molecule has 126 valence electrons. The summed E-state index contributed by atoms with van der Waals surface area (Å²) in [6, 6.07) is 0. The number of amides is 2. The van der Waals surface area contributed by atoms with Crippen molar-refractivity contribution in [2.45, 2.75) is 59.0 Å². The van der Waals surface area contributed by atoms with Crippen LogP contribution >= 0.6 is 0 Å². The maximum Gasteiger partial charge on any atom is 0.227 e. The number of nitrogens with one attached hydrogen (secondary N) is 1. The van der Waals surface area contributed by atoms with Crippen LogP contribution in [0.3, 0.4) is 0 Å². The van der Waals surface area contributed by atoms with E-state index in [1.807, 2.05) is 25.7 Å². The van der Waals surface area contributed by atoms with Crippen molar-refractivity contribution >= 4 is 11.8 Å². The van der Waals surface area contributed by atoms with Gasteiger partial charge in [-0.05, 0) is 25.7 Å². The lowest BCUT2D eigenvalue weighted by molar-refractivity contribution is -0.142. The van der Waals surface area contributed by atoms with E-state index in [4.69, 9.17) is 0 Å². The van der Waals surface area contributed by atoms with Crippen molar-refractivity contribution in [1.82, 2.24) is 10.2 Å². The molecule has 2 N–H and O–H groups in total. The number of nitrogens with zero attached hydrogens (tertiary/aromatic N) is 1. The summed E-state index contributed by atoms with van der Waals surface area (Å²) in [5.74, 6) is 0.469. The summed E-state index contributed by atoms with van der Waals surface area (Å²) in [6.07, 6.45) is 4.12. The van der Waals surface area contributed by atoms with Gasteiger partial charge >= 0.3 is 0 Å². The zero-order valence-electron chi connectivity index (χ0n) is 14.1. The van der Waals surface area contributed by atoms with E-state index in [1.54, 1.807) is 0 Å². The van der Waals surface area contributed by atoms with Crippen LogP contribution in [0.2, 0.25) is 0 Å². The van der Waals surface area contributed by atoms with Crippen molar-refractivity contribution in [2.75, 3.05) is 19.6 Å². The molecule has 2 aliphatic rings. The molecule has 0 aromatic heterocycles. The number of aliphatic hydroxyl groups is 1. The molecule has 2 amide bonds. The van der Waals surface area contributed by atoms with Gasteiger partial charge in [-0.3, -0.25) is 9.59 Å². The Bertz CT molecular complexity index is 409. The maximum atomic E-state index is 12.2. The van der Waals surface area contributed by atoms with Gasteiger partial charge in [0.15, 0.2) is 0 Å². The molecular weight excluding hydrogens is 280 g/mol. The van der Waals surface area contributed by atoms with Gasteiger partial charge in [-0.15, -0.1) is 0 Å². The molecule has 0 aromatic carbocycles. The van der Waals surface area contributed by atoms with Gasteiger partial charge in [0.05, 0.1) is 6.10 Å². The second kappa shape index (κ2) is 6.99. The minimum absolute atomic E-state index is 0.00237. The van der Waals surface area contributed by atoms with Crippen LogP contribution in [0.1, 0.15) is 52.9 Å². The Hall–Kier alpha value is -1.10. The van der Waals surface area contributed by atoms with Gasteiger partial charge in [0.1, 0.15) is 0 Å². The monoisotopic (exact) mass is 310 g/mol. The molecule has 0 aromatic rings. The topological polar surface area (TPSA) is 69.6 Å². The highest BCUT2D eigenvalue weighted by Gasteiger charge is 2.33. The molecular formula is C17H30N2O3. The Kier molecular flexibility index (Phi) is 5.48. The van der Waals surface area contributed by atoms with Gasteiger partial charge in [0, 0.05) is 36.9 Å². The van der Waals surface area contributed by atoms with Crippen molar-refractivity contribution < 1.29 is 14.7 Å². The van der Waals surface area contributed by atoms with E-state index in [2.05, 4.69) is 5.32 Å². The van der Waals surface area contributed by atoms with Crippen molar-refractivity contribution in [3.05, 3.63) is 0 Å². The molecule has 1 aliphatic heterocycles. The summed E-state index contributed by atoms with van der Waals surface area (Å²) in [6.45, 7) is 7.71. The third kappa shape index (κ3) is 4.22. The highest BCUT2D eigenvalue weighted by molar-refractivity contribution is 5.82. The van der Waals surface area contributed by atoms with E-state index >= 15 is 0 Å². The number of aliphatic hydroxyl groups excluding tert-OH is 1. The number of carbonyl (C=O) groups is 2. The lowest BCUT2D eigenvalue weighted by atomic mass is 9.90. The Labute approximate surface area is 133 Å². The molecule has 0 spiro atoms. The van der Waals surface area contributed by atoms with Crippen LogP contribution in [0.4, 0.5) is 0 Å². The van der Waals surface area contributed by atoms with Crippen LogP contribution in [0, 0.1) is 17.3 Å². The standard InChI is InChI=1S/C17H30N2O3/c1-17(2,3)16(22)19-9-7-12(8-10-19)15(21)18-11-13-5-4-6-14(13)20/h12-14,20H,4-11H2,1-3H3,(H,18,21). The van der Waals surface area contributed by atoms with Crippen LogP contribution in [0.5, 0.6) is 0 Å². The predicted octanol–water partition coefficient (Wildman–Crippen LogP) is 1.55. The molecule has 1 heterocycles. The molecule has 5 nitrogen and oxygen atoms in total. The zero-order valence-corrected chi connectivity index (χ0v) is 14.1. The molecule has 2 fully saturated rings. The summed E-state index contributed by atoms with van der Waals surface area (Å²) in [5.41, 5.74) is -0.353. The molecule has 22 heavy (non-hydrogen) atoms. The lowest BCUT2D eigenvalue weighted by Gasteiger charge is -2.35. The average Bonchev–Trinajstić information content (AvgIpc) is 2.88. The van der Waals surface area contributed by atoms with E-state index < -0.39 is 0 Å². The molecule has 1 saturated carbocycles. The molecule has 0 radical (unpaired) electrons. The molecule has 2 atom stereocenters. The second-order valence-corrected chi connectivity index (χ2v) is 7.82. The minimum atomic E-state index is -0.353. The molecule has 2 rings (SSSR count). The molecule has 2 unspecified atom stereocenters. The third-order valence-corrected chi connectivity index (χ3v) is 4.95. The molecule has 1 aliphatic carbocycles. The first-order valence-electron chi connectivity index (χ1n) is 8.54. The highest BCUT2D eigenvalue weighted by Crippen LogP contribution is 2.26. The second-order valence-electron chi connectivity index (χ2n) is 7.82. The molecule has 1 saturated heterocycles. The van der Waals surface area contributed by atoms with Crippen LogP contribution in [0.25, 0.3) is 0 Å². The number of likely N-dealkylation sites (tertiary alicyclic amines) is 1. The van der Waals surface area contributed by atoms with Crippen molar-refractivity contribution in [1.29, 1.82) is 0 Å². The molecule has 0 bridgehead atoms. The number of carbonyl (C=O) groups excluding carboxylic acids is 2. The van der Waals surface area contributed by atoms with E-state index in [0.29, 0.717) is 19.6 Å². The SMILES string of the molecule is CC(C)(C)C(=O)N1CCC(C(=O)NCC2CCCC2O)CC1. The quantitative estimate of drug-likeness (QED) is 0.831. The summed E-state index contributed by atoms with van der Waals surface area (Å²) >= 11 is 0. The first kappa shape index (κ1) is 17.3. The van der Waals surface area contributed by atoms with Gasteiger partial charge in [-0.1, -0.05) is 27.2 Å². The fraction of sp³-hybridized carbons (Fsp3) is 0.882. The van der Waals surface area contributed by atoms with Gasteiger partial charge in [0.2, 0.25) is 11.8 Å². The van der Waals surface area contributed by atoms with Gasteiger partial charge < -0.3 is 15.3 Å². The number of rotatable bonds is 3. The van der Waals surface area contributed by atoms with E-state index in [9.17, 15) is 14.7 Å². The minimum Gasteiger partial charge on any atom is -0.393 e. The summed E-state index contributed by atoms with van der Waals surface area (Å²) in [5, 5.41) is 12.8. The van der Waals surface area contributed by atoms with Crippen LogP contribution in [-0.4, -0.2) is 47.6 Å². The van der Waals surface area contributed by atoms with Crippen molar-refractivity contribution in [2.24, 2.45) is 17.3 Å². The fourth-order valence-electron chi connectivity index (χ4n) is 3.45. The highest BCUT2D eigenvalue weighted by atomic mass is 16.3. The van der Waals surface area contributed by atoms with Crippen molar-refractivity contribution in [3.63, 3.8) is 0 Å². The smallest absolute Gasteiger partial charge is 0.227 e. The first-order chi connectivity index (χ1) is 10.3. The first-order valence-corrected chi connectivity index (χ1v) is 8.54. The van der Waals surface area contributed by atoms with Crippen molar-refractivity contribution in [3.8, 4) is 0 Å². The normalized spacial score (nSPS) is 27.0. The number of piperidine rings is 1.